The van der Waals surface area contributed by atoms with Crippen molar-refractivity contribution in [2.75, 3.05) is 0 Å². The van der Waals surface area contributed by atoms with Gasteiger partial charge in [0.05, 0.1) is 0 Å². The molecule has 0 aliphatic heterocycles. The molecule has 1 unspecified atom stereocenters. The molecule has 0 saturated carbocycles. The molecule has 0 N–H and O–H groups in total. The lowest BCUT2D eigenvalue weighted by molar-refractivity contribution is 0.447. The Balaban J connectivity index is 3.15. The van der Waals surface area contributed by atoms with Crippen molar-refractivity contribution in [1.82, 2.24) is 0 Å². The van der Waals surface area contributed by atoms with E-state index in [-0.39, 0.29) is 0 Å². The maximum atomic E-state index is 4.15. The first-order valence-electron chi connectivity index (χ1n) is 4.99. The van der Waals surface area contributed by atoms with E-state index in [2.05, 4.69) is 27.7 Å². The van der Waals surface area contributed by atoms with Gasteiger partial charge >= 0.3 is 0 Å². The van der Waals surface area contributed by atoms with E-state index >= 15 is 0 Å². The Morgan fingerprint density at radius 3 is 2.18 bits per heavy atom. The monoisotopic (exact) mass is 155 g/mol. The van der Waals surface area contributed by atoms with Crippen molar-refractivity contribution < 1.29 is 0 Å². The second kappa shape index (κ2) is 6.69. The average molecular weight is 155 g/mol. The van der Waals surface area contributed by atoms with Gasteiger partial charge in [-0.05, 0) is 11.8 Å². The minimum Gasteiger partial charge on any atom is -0.0654 e. The highest BCUT2D eigenvalue weighted by Gasteiger charge is 2.02. The first-order valence-corrected chi connectivity index (χ1v) is 4.99. The number of rotatable bonds is 6. The van der Waals surface area contributed by atoms with Gasteiger partial charge in [0.2, 0.25) is 0 Å². The summed E-state index contributed by atoms with van der Waals surface area (Å²) < 4.78 is 0. The molecule has 0 amide bonds. The second-order valence-electron chi connectivity index (χ2n) is 3.98. The summed E-state index contributed by atoms with van der Waals surface area (Å²) in [6.45, 7) is 11.0. The minimum absolute atomic E-state index is 0.706. The quantitative estimate of drug-likeness (QED) is 0.542. The molecule has 1 radical (unpaired) electrons. The van der Waals surface area contributed by atoms with E-state index in [1.165, 1.54) is 32.1 Å². The lowest BCUT2D eigenvalue weighted by Crippen LogP contribution is -1.97. The van der Waals surface area contributed by atoms with Crippen LogP contribution in [-0.2, 0) is 0 Å². The zero-order valence-corrected chi connectivity index (χ0v) is 8.40. The number of hydrogen-bond donors (Lipinski definition) is 0. The highest BCUT2D eigenvalue weighted by Crippen LogP contribution is 2.16. The van der Waals surface area contributed by atoms with Gasteiger partial charge in [0, 0.05) is 0 Å². The summed E-state index contributed by atoms with van der Waals surface area (Å²) in [5.74, 6) is 1.55. The predicted molar refractivity (Wildman–Crippen MR) is 52.4 cm³/mol. The molecule has 0 bridgehead atoms. The van der Waals surface area contributed by atoms with Crippen molar-refractivity contribution in [2.45, 2.75) is 52.9 Å². The molecule has 0 aromatic carbocycles. The standard InChI is InChI=1S/C11H23/c1-5-6-7-11(4)9-8-10(2)3/h10-11H,4-9H2,1-3H3. The van der Waals surface area contributed by atoms with Crippen molar-refractivity contribution in [1.29, 1.82) is 0 Å². The van der Waals surface area contributed by atoms with Gasteiger partial charge in [-0.1, -0.05) is 59.8 Å². The zero-order valence-electron chi connectivity index (χ0n) is 8.40. The molecule has 0 fully saturated rings. The molecule has 0 heterocycles. The van der Waals surface area contributed by atoms with E-state index in [0.29, 0.717) is 5.92 Å². The lowest BCUT2D eigenvalue weighted by Gasteiger charge is -2.11. The molecule has 1 atom stereocenters. The fourth-order valence-corrected chi connectivity index (χ4v) is 1.21. The van der Waals surface area contributed by atoms with E-state index in [9.17, 15) is 0 Å². The molecule has 0 aromatic rings. The third-order valence-electron chi connectivity index (χ3n) is 2.12. The SMILES string of the molecule is [CH2]C(CCCC)CCC(C)C. The van der Waals surface area contributed by atoms with E-state index < -0.39 is 0 Å². The summed E-state index contributed by atoms with van der Waals surface area (Å²) in [4.78, 5) is 0. The molecular weight excluding hydrogens is 132 g/mol. The summed E-state index contributed by atoms with van der Waals surface area (Å²) in [6.07, 6.45) is 6.65. The van der Waals surface area contributed by atoms with Crippen LogP contribution in [0.5, 0.6) is 0 Å². The molecule has 0 aromatic heterocycles. The summed E-state index contributed by atoms with van der Waals surface area (Å²) in [7, 11) is 0. The molecule has 0 aliphatic carbocycles. The summed E-state index contributed by atoms with van der Waals surface area (Å²) >= 11 is 0. The van der Waals surface area contributed by atoms with Gasteiger partial charge in [-0.2, -0.15) is 0 Å². The Labute approximate surface area is 72.4 Å². The van der Waals surface area contributed by atoms with Gasteiger partial charge in [0.15, 0.2) is 0 Å². The van der Waals surface area contributed by atoms with Crippen LogP contribution in [0.15, 0.2) is 0 Å². The molecule has 11 heavy (non-hydrogen) atoms. The highest BCUT2D eigenvalue weighted by molar-refractivity contribution is 4.62. The third kappa shape index (κ3) is 7.90. The first kappa shape index (κ1) is 11.0. The summed E-state index contributed by atoms with van der Waals surface area (Å²) in [5, 5.41) is 0. The van der Waals surface area contributed by atoms with Gasteiger partial charge in [0.25, 0.3) is 0 Å². The Morgan fingerprint density at radius 2 is 1.73 bits per heavy atom. The normalized spacial score (nSPS) is 13.9. The van der Waals surface area contributed by atoms with Crippen molar-refractivity contribution in [3.8, 4) is 0 Å². The molecule has 0 spiro atoms. The Hall–Kier alpha value is 0. The zero-order chi connectivity index (χ0) is 8.69. The summed E-state index contributed by atoms with van der Waals surface area (Å²) in [5.41, 5.74) is 0. The van der Waals surface area contributed by atoms with Crippen LogP contribution in [0.4, 0.5) is 0 Å². The highest BCUT2D eigenvalue weighted by atomic mass is 14.1. The van der Waals surface area contributed by atoms with Crippen LogP contribution >= 0.6 is 0 Å². The van der Waals surface area contributed by atoms with E-state index in [1.54, 1.807) is 0 Å². The van der Waals surface area contributed by atoms with Crippen LogP contribution in [0.1, 0.15) is 52.9 Å². The van der Waals surface area contributed by atoms with E-state index in [1.807, 2.05) is 0 Å². The average Bonchev–Trinajstić information content (AvgIpc) is 1.97. The van der Waals surface area contributed by atoms with Gasteiger partial charge < -0.3 is 0 Å². The van der Waals surface area contributed by atoms with Gasteiger partial charge in [-0.3, -0.25) is 0 Å². The fraction of sp³-hybridized carbons (Fsp3) is 0.909. The van der Waals surface area contributed by atoms with Crippen LogP contribution < -0.4 is 0 Å². The van der Waals surface area contributed by atoms with E-state index in [4.69, 9.17) is 0 Å². The smallest absolute Gasteiger partial charge is 0.0414 e. The second-order valence-corrected chi connectivity index (χ2v) is 3.98. The number of hydrogen-bond acceptors (Lipinski definition) is 0. The molecule has 0 nitrogen and oxygen atoms in total. The van der Waals surface area contributed by atoms with Crippen molar-refractivity contribution >= 4 is 0 Å². The third-order valence-corrected chi connectivity index (χ3v) is 2.12. The van der Waals surface area contributed by atoms with Crippen molar-refractivity contribution in [3.63, 3.8) is 0 Å². The maximum absolute atomic E-state index is 4.15. The fourth-order valence-electron chi connectivity index (χ4n) is 1.21. The molecule has 0 heteroatoms. The number of unbranched alkanes of at least 4 members (excludes halogenated alkanes) is 1. The predicted octanol–water partition coefficient (Wildman–Crippen LogP) is 4.06. The van der Waals surface area contributed by atoms with Crippen LogP contribution in [0.2, 0.25) is 0 Å². The van der Waals surface area contributed by atoms with Crippen LogP contribution in [0.3, 0.4) is 0 Å². The van der Waals surface area contributed by atoms with Gasteiger partial charge in [-0.25, -0.2) is 0 Å². The van der Waals surface area contributed by atoms with Crippen molar-refractivity contribution in [2.24, 2.45) is 11.8 Å². The molecule has 0 aliphatic rings. The molecule has 67 valence electrons. The Bertz CT molecular complexity index is 74.1. The first-order chi connectivity index (χ1) is 5.16. The van der Waals surface area contributed by atoms with Gasteiger partial charge in [0.1, 0.15) is 0 Å². The molecular formula is C11H23. The minimum atomic E-state index is 0.706. The van der Waals surface area contributed by atoms with Crippen LogP contribution in [0.25, 0.3) is 0 Å². The topological polar surface area (TPSA) is 0 Å². The van der Waals surface area contributed by atoms with Crippen LogP contribution in [-0.4, -0.2) is 0 Å². The molecule has 0 rings (SSSR count). The lowest BCUT2D eigenvalue weighted by atomic mass is 9.95. The Morgan fingerprint density at radius 1 is 1.09 bits per heavy atom. The van der Waals surface area contributed by atoms with Crippen LogP contribution in [0, 0.1) is 18.8 Å². The summed E-state index contributed by atoms with van der Waals surface area (Å²) in [6, 6.07) is 0. The Kier molecular flexibility index (Phi) is 6.69. The maximum Gasteiger partial charge on any atom is -0.0414 e. The van der Waals surface area contributed by atoms with Gasteiger partial charge in [-0.15, -0.1) is 0 Å². The van der Waals surface area contributed by atoms with E-state index in [0.717, 1.165) is 5.92 Å². The largest absolute Gasteiger partial charge is 0.0654 e. The van der Waals surface area contributed by atoms with Crippen molar-refractivity contribution in [3.05, 3.63) is 6.92 Å². The molecule has 0 saturated heterocycles.